The molecule has 0 radical (unpaired) electrons. The average Bonchev–Trinajstić information content (AvgIpc) is 3.30. The molecule has 3 rings (SSSR count). The van der Waals surface area contributed by atoms with Crippen LogP contribution in [-0.4, -0.2) is 79.5 Å². The zero-order valence-electron chi connectivity index (χ0n) is 25.6. The summed E-state index contributed by atoms with van der Waals surface area (Å²) in [4.78, 5) is 26.7. The Bertz CT molecular complexity index is 1450. The summed E-state index contributed by atoms with van der Waals surface area (Å²) in [5.74, 6) is 1.67. The molecule has 1 heterocycles. The van der Waals surface area contributed by atoms with Gasteiger partial charge in [-0.3, -0.25) is 14.1 Å². The lowest BCUT2D eigenvalue weighted by Crippen LogP contribution is -2.42. The fourth-order valence-electron chi connectivity index (χ4n) is 4.04. The molecule has 1 aromatic heterocycles. The third-order valence-corrected chi connectivity index (χ3v) is 5.92. The number of rotatable bonds is 13. The number of ether oxygens (including phenoxy) is 3. The van der Waals surface area contributed by atoms with Gasteiger partial charge < -0.3 is 34.7 Å². The Morgan fingerprint density at radius 1 is 1.00 bits per heavy atom. The van der Waals surface area contributed by atoms with E-state index in [0.29, 0.717) is 59.1 Å². The second-order valence-corrected chi connectivity index (χ2v) is 11.8. The quantitative estimate of drug-likeness (QED) is 0.184. The van der Waals surface area contributed by atoms with Crippen molar-refractivity contribution in [1.29, 1.82) is 0 Å². The first-order valence-corrected chi connectivity index (χ1v) is 15.6. The summed E-state index contributed by atoms with van der Waals surface area (Å²) in [5.41, 5.74) is 6.71. The van der Waals surface area contributed by atoms with Crippen molar-refractivity contribution >= 4 is 38.7 Å². The van der Waals surface area contributed by atoms with Gasteiger partial charge >= 0.3 is 0 Å². The number of hydrogen-bond acceptors (Lipinski definition) is 10. The van der Waals surface area contributed by atoms with Crippen LogP contribution in [0, 0.1) is 0 Å². The molecule has 0 aliphatic heterocycles. The van der Waals surface area contributed by atoms with E-state index in [4.69, 9.17) is 29.0 Å². The zero-order valence-corrected chi connectivity index (χ0v) is 26.4. The number of nitrogens with one attached hydrogen (secondary N) is 1. The lowest BCUT2D eigenvalue weighted by molar-refractivity contribution is -0.117. The summed E-state index contributed by atoms with van der Waals surface area (Å²) in [6.45, 7) is 10.6. The molecular weight excluding hydrogens is 580 g/mol. The van der Waals surface area contributed by atoms with E-state index in [-0.39, 0.29) is 23.9 Å². The first-order chi connectivity index (χ1) is 20.1. The van der Waals surface area contributed by atoms with Crippen LogP contribution in [0.3, 0.4) is 0 Å². The van der Waals surface area contributed by atoms with E-state index in [1.165, 1.54) is 0 Å². The van der Waals surface area contributed by atoms with Crippen LogP contribution >= 0.6 is 0 Å². The SMILES string of the molecule is COc1cc(C(=O)N(C(C)C)C(C)C)ccc1OCCCCOc1ccc2onc(NC(=O)[C@H](C)N)c2c1.CS(=O)(=O)O. The number of fused-ring (bicyclic) bond motifs is 1. The summed E-state index contributed by atoms with van der Waals surface area (Å²) in [6.07, 6.45) is 2.23. The molecule has 0 fully saturated rings. The first kappa shape index (κ1) is 35.3. The van der Waals surface area contributed by atoms with Gasteiger partial charge in [0.2, 0.25) is 5.91 Å². The van der Waals surface area contributed by atoms with Crippen molar-refractivity contribution in [2.45, 2.75) is 65.6 Å². The van der Waals surface area contributed by atoms with Crippen molar-refractivity contribution < 1.29 is 41.3 Å². The van der Waals surface area contributed by atoms with Crippen LogP contribution in [0.5, 0.6) is 17.2 Å². The molecule has 14 heteroatoms. The highest BCUT2D eigenvalue weighted by atomic mass is 32.2. The highest BCUT2D eigenvalue weighted by molar-refractivity contribution is 7.85. The number of unbranched alkanes of at least 4 members (excludes halogenated alkanes) is 1. The van der Waals surface area contributed by atoms with E-state index >= 15 is 0 Å². The first-order valence-electron chi connectivity index (χ1n) is 13.8. The van der Waals surface area contributed by atoms with Crippen LogP contribution in [0.4, 0.5) is 5.82 Å². The van der Waals surface area contributed by atoms with Gasteiger partial charge in [-0.05, 0) is 83.9 Å². The van der Waals surface area contributed by atoms with Crippen molar-refractivity contribution in [3.63, 3.8) is 0 Å². The van der Waals surface area contributed by atoms with E-state index in [2.05, 4.69) is 10.5 Å². The summed E-state index contributed by atoms with van der Waals surface area (Å²) >= 11 is 0. The minimum absolute atomic E-state index is 0.0372. The van der Waals surface area contributed by atoms with Gasteiger partial charge in [0.1, 0.15) is 5.75 Å². The average molecular weight is 623 g/mol. The van der Waals surface area contributed by atoms with E-state index in [1.807, 2.05) is 32.6 Å². The Labute approximate surface area is 252 Å². The van der Waals surface area contributed by atoms with Gasteiger partial charge in [0.25, 0.3) is 16.0 Å². The molecule has 3 aromatic rings. The highest BCUT2D eigenvalue weighted by Gasteiger charge is 2.23. The lowest BCUT2D eigenvalue weighted by Gasteiger charge is -2.31. The molecule has 4 N–H and O–H groups in total. The summed E-state index contributed by atoms with van der Waals surface area (Å²) in [7, 11) is -2.10. The van der Waals surface area contributed by atoms with Crippen molar-refractivity contribution in [3.8, 4) is 17.2 Å². The van der Waals surface area contributed by atoms with Gasteiger partial charge in [0.15, 0.2) is 22.9 Å². The summed E-state index contributed by atoms with van der Waals surface area (Å²) in [5, 5.41) is 7.19. The van der Waals surface area contributed by atoms with E-state index in [1.54, 1.807) is 50.4 Å². The van der Waals surface area contributed by atoms with Gasteiger partial charge in [0.05, 0.1) is 38.0 Å². The van der Waals surface area contributed by atoms with Crippen LogP contribution in [0.25, 0.3) is 11.0 Å². The number of benzene rings is 2. The van der Waals surface area contributed by atoms with Crippen LogP contribution in [0.15, 0.2) is 40.9 Å². The molecule has 2 amide bonds. The van der Waals surface area contributed by atoms with Gasteiger partial charge in [-0.25, -0.2) is 0 Å². The van der Waals surface area contributed by atoms with Gasteiger partial charge in [-0.1, -0.05) is 5.16 Å². The van der Waals surface area contributed by atoms with Crippen molar-refractivity contribution in [2.75, 3.05) is 31.9 Å². The molecule has 238 valence electrons. The number of amides is 2. The Hall–Kier alpha value is -3.88. The molecule has 0 bridgehead atoms. The van der Waals surface area contributed by atoms with Gasteiger partial charge in [0, 0.05) is 17.6 Å². The van der Waals surface area contributed by atoms with Crippen molar-refractivity contribution in [3.05, 3.63) is 42.0 Å². The number of hydrogen-bond donors (Lipinski definition) is 3. The monoisotopic (exact) mass is 622 g/mol. The number of carbonyl (C=O) groups is 2. The molecule has 2 aromatic carbocycles. The molecule has 0 saturated heterocycles. The smallest absolute Gasteiger partial charge is 0.261 e. The largest absolute Gasteiger partial charge is 0.494 e. The topological polar surface area (TPSA) is 184 Å². The standard InChI is InChI=1S/C28H38N4O6.CH4O3S/c1-17(2)32(18(3)4)28(34)20-9-11-24(25(15-20)35-6)37-14-8-7-13-36-21-10-12-23-22(16-21)26(31-38-23)30-27(33)19(5)29;1-5(2,3)4/h9-12,15-19H,7-8,13-14,29H2,1-6H3,(H,30,31,33);1H3,(H,2,3,4)/t19-;/m0./s1. The predicted octanol–water partition coefficient (Wildman–Crippen LogP) is 4.12. The maximum atomic E-state index is 13.0. The molecule has 1 atom stereocenters. The Balaban J connectivity index is 0.00000119. The molecule has 0 unspecified atom stereocenters. The zero-order chi connectivity index (χ0) is 32.3. The van der Waals surface area contributed by atoms with Crippen molar-refractivity contribution in [1.82, 2.24) is 10.1 Å². The number of methoxy groups -OCH3 is 1. The molecule has 0 saturated carbocycles. The maximum Gasteiger partial charge on any atom is 0.261 e. The fourth-order valence-corrected chi connectivity index (χ4v) is 4.04. The number of aromatic nitrogens is 1. The second-order valence-electron chi connectivity index (χ2n) is 10.4. The van der Waals surface area contributed by atoms with Crippen LogP contribution in [0.1, 0.15) is 57.8 Å². The fraction of sp³-hybridized carbons (Fsp3) is 0.483. The van der Waals surface area contributed by atoms with E-state index < -0.39 is 16.2 Å². The Morgan fingerprint density at radius 2 is 1.60 bits per heavy atom. The Kier molecular flexibility index (Phi) is 13.2. The lowest BCUT2D eigenvalue weighted by atomic mass is 10.1. The molecule has 0 spiro atoms. The number of carbonyl (C=O) groups excluding carboxylic acids is 2. The maximum absolute atomic E-state index is 13.0. The van der Waals surface area contributed by atoms with E-state index in [9.17, 15) is 18.0 Å². The number of nitrogens with zero attached hydrogens (tertiary/aromatic N) is 2. The van der Waals surface area contributed by atoms with Crippen LogP contribution < -0.4 is 25.3 Å². The minimum atomic E-state index is -3.67. The molecule has 13 nitrogen and oxygen atoms in total. The highest BCUT2D eigenvalue weighted by Crippen LogP contribution is 2.30. The molecule has 0 aliphatic rings. The normalized spacial score (nSPS) is 12.0. The van der Waals surface area contributed by atoms with Crippen LogP contribution in [-0.2, 0) is 14.9 Å². The van der Waals surface area contributed by atoms with Gasteiger partial charge in [-0.15, -0.1) is 0 Å². The third-order valence-electron chi connectivity index (χ3n) is 5.92. The van der Waals surface area contributed by atoms with Crippen LogP contribution in [0.2, 0.25) is 0 Å². The number of anilines is 1. The third kappa shape index (κ3) is 11.4. The summed E-state index contributed by atoms with van der Waals surface area (Å²) < 4.78 is 48.4. The molecule has 43 heavy (non-hydrogen) atoms. The predicted molar refractivity (Wildman–Crippen MR) is 163 cm³/mol. The molecule has 0 aliphatic carbocycles. The van der Waals surface area contributed by atoms with E-state index in [0.717, 1.165) is 12.8 Å². The second kappa shape index (κ2) is 16.1. The molecular formula is C29H42N4O9S. The van der Waals surface area contributed by atoms with Gasteiger partial charge in [-0.2, -0.15) is 8.42 Å². The number of nitrogens with two attached hydrogens (primary N) is 1. The van der Waals surface area contributed by atoms with Crippen molar-refractivity contribution in [2.24, 2.45) is 5.73 Å². The summed E-state index contributed by atoms with van der Waals surface area (Å²) in [6, 6.07) is 10.1. The minimum Gasteiger partial charge on any atom is -0.494 e. The Morgan fingerprint density at radius 3 is 2.16 bits per heavy atom.